The van der Waals surface area contributed by atoms with E-state index in [1.807, 2.05) is 52.0 Å². The molecule has 1 fully saturated rings. The number of benzene rings is 1. The highest BCUT2D eigenvalue weighted by Gasteiger charge is 2.36. The van der Waals surface area contributed by atoms with Crippen LogP contribution in [0.5, 0.6) is 11.6 Å². The Kier molecular flexibility index (Phi) is 13.6. The second kappa shape index (κ2) is 14.9. The second-order valence-corrected chi connectivity index (χ2v) is 7.58. The van der Waals surface area contributed by atoms with E-state index in [9.17, 15) is 9.59 Å². The van der Waals surface area contributed by atoms with E-state index < -0.39 is 23.7 Å². The van der Waals surface area contributed by atoms with Gasteiger partial charge in [0.25, 0.3) is 0 Å². The van der Waals surface area contributed by atoms with Gasteiger partial charge in [0, 0.05) is 18.1 Å². The molecule has 0 radical (unpaired) electrons. The molecule has 8 heteroatoms. The van der Waals surface area contributed by atoms with E-state index in [2.05, 4.69) is 4.98 Å². The molecule has 1 unspecified atom stereocenters. The number of carbonyl (C=O) groups is 2. The van der Waals surface area contributed by atoms with Crippen LogP contribution in [-0.4, -0.2) is 59.5 Å². The number of aliphatic carboxylic acids is 1. The highest BCUT2D eigenvalue weighted by molar-refractivity contribution is 5.87. The van der Waals surface area contributed by atoms with Gasteiger partial charge in [-0.3, -0.25) is 4.90 Å². The number of rotatable bonds is 3. The van der Waals surface area contributed by atoms with Gasteiger partial charge in [0.1, 0.15) is 17.4 Å². The molecule has 0 bridgehead atoms. The van der Waals surface area contributed by atoms with Crippen molar-refractivity contribution in [3.05, 3.63) is 30.5 Å². The topological polar surface area (TPSA) is 98.2 Å². The number of carboxylic acid groups (broad SMARTS) is 1. The van der Waals surface area contributed by atoms with Gasteiger partial charge in [-0.1, -0.05) is 27.7 Å². The fourth-order valence-electron chi connectivity index (χ4n) is 2.98. The van der Waals surface area contributed by atoms with Crippen molar-refractivity contribution in [2.45, 2.75) is 73.0 Å². The summed E-state index contributed by atoms with van der Waals surface area (Å²) in [5.74, 6) is 0.522. The molecule has 0 aliphatic carbocycles. The number of carbonyl (C=O) groups excluding carboxylic acids is 1. The van der Waals surface area contributed by atoms with Crippen molar-refractivity contribution in [3.8, 4) is 11.6 Å². The Balaban J connectivity index is 0.000000540. The summed E-state index contributed by atoms with van der Waals surface area (Å²) in [4.78, 5) is 27.9. The molecule has 2 aromatic rings. The maximum Gasteiger partial charge on any atom is 0.411 e. The number of amides is 1. The minimum Gasteiger partial charge on any atom is -0.497 e. The monoisotopic (exact) mass is 464 g/mol. The zero-order valence-electron chi connectivity index (χ0n) is 21.5. The average Bonchev–Trinajstić information content (AvgIpc) is 3.31. The number of hydrogen-bond donors (Lipinski definition) is 1. The van der Waals surface area contributed by atoms with E-state index in [-0.39, 0.29) is 0 Å². The molecule has 1 aromatic heterocycles. The Morgan fingerprint density at radius 3 is 2.21 bits per heavy atom. The Morgan fingerprint density at radius 2 is 1.70 bits per heavy atom. The summed E-state index contributed by atoms with van der Waals surface area (Å²) in [6, 6.07) is 7.01. The highest BCUT2D eigenvalue weighted by atomic mass is 16.6. The molecule has 8 nitrogen and oxygen atoms in total. The fraction of sp³-hybridized carbons (Fsp3) is 0.560. The third-order valence-corrected chi connectivity index (χ3v) is 4.29. The van der Waals surface area contributed by atoms with Gasteiger partial charge in [0.05, 0.1) is 14.2 Å². The molecule has 1 aliphatic heterocycles. The number of ether oxygens (including phenoxy) is 3. The molecule has 1 amide bonds. The van der Waals surface area contributed by atoms with Gasteiger partial charge in [0.15, 0.2) is 0 Å². The lowest BCUT2D eigenvalue weighted by molar-refractivity contribution is -0.142. The zero-order valence-corrected chi connectivity index (χ0v) is 21.5. The van der Waals surface area contributed by atoms with Crippen LogP contribution in [0, 0.1) is 0 Å². The van der Waals surface area contributed by atoms with Gasteiger partial charge in [-0.2, -0.15) is 0 Å². The average molecular weight is 465 g/mol. The van der Waals surface area contributed by atoms with Crippen molar-refractivity contribution < 1.29 is 28.9 Å². The summed E-state index contributed by atoms with van der Waals surface area (Å²) in [6.07, 6.45) is 2.41. The number of hydrogen-bond acceptors (Lipinski definition) is 6. The lowest BCUT2D eigenvalue weighted by Crippen LogP contribution is -2.43. The number of likely N-dealkylation sites (tertiary alicyclic amines) is 1. The van der Waals surface area contributed by atoms with Crippen LogP contribution in [0.25, 0.3) is 10.8 Å². The minimum atomic E-state index is -0.960. The third kappa shape index (κ3) is 9.55. The van der Waals surface area contributed by atoms with Crippen LogP contribution >= 0.6 is 0 Å². The van der Waals surface area contributed by atoms with E-state index in [1.54, 1.807) is 41.2 Å². The van der Waals surface area contributed by atoms with Crippen LogP contribution in [0.2, 0.25) is 0 Å². The van der Waals surface area contributed by atoms with Crippen LogP contribution < -0.4 is 9.47 Å². The molecule has 0 saturated carbocycles. The van der Waals surface area contributed by atoms with E-state index in [0.29, 0.717) is 18.8 Å². The summed E-state index contributed by atoms with van der Waals surface area (Å²) in [7, 11) is 3.27. The van der Waals surface area contributed by atoms with Crippen LogP contribution in [0.3, 0.4) is 0 Å². The molecule has 186 valence electrons. The molecule has 3 rings (SSSR count). The SMILES string of the molecule is CC.CC.CC(C)(C)OC(=O)N1CCCC1C(=O)O.COc1ccc2c(OC)nccc2c1. The first-order chi connectivity index (χ1) is 15.7. The van der Waals surface area contributed by atoms with Crippen molar-refractivity contribution in [1.82, 2.24) is 9.88 Å². The third-order valence-electron chi connectivity index (χ3n) is 4.29. The van der Waals surface area contributed by atoms with Crippen LogP contribution in [0.15, 0.2) is 30.5 Å². The summed E-state index contributed by atoms with van der Waals surface area (Å²) in [5.41, 5.74) is -0.581. The number of carboxylic acids is 1. The van der Waals surface area contributed by atoms with Crippen LogP contribution in [-0.2, 0) is 9.53 Å². The molecule has 1 N–H and O–H groups in total. The molecule has 2 heterocycles. The standard InChI is InChI=1S/C11H11NO2.C10H17NO4.2C2H6/c1-13-9-3-4-10-8(7-9)5-6-12-11(10)14-2;1-10(2,3)15-9(14)11-6-4-5-7(11)8(12)13;2*1-2/h3-7H,1-2H3;7H,4-6H2,1-3H3,(H,12,13);2*1-2H3. The molecule has 1 aromatic carbocycles. The normalized spacial score (nSPS) is 14.5. The summed E-state index contributed by atoms with van der Waals surface area (Å²) in [5, 5.41) is 10.9. The van der Waals surface area contributed by atoms with Crippen molar-refractivity contribution >= 4 is 22.8 Å². The largest absolute Gasteiger partial charge is 0.497 e. The van der Waals surface area contributed by atoms with Gasteiger partial charge in [-0.15, -0.1) is 0 Å². The molecule has 33 heavy (non-hydrogen) atoms. The van der Waals surface area contributed by atoms with Gasteiger partial charge in [0.2, 0.25) is 5.88 Å². The first-order valence-corrected chi connectivity index (χ1v) is 11.4. The predicted octanol–water partition coefficient (Wildman–Crippen LogP) is 5.77. The Morgan fingerprint density at radius 1 is 1.06 bits per heavy atom. The number of fused-ring (bicyclic) bond motifs is 1. The Labute approximate surface area is 197 Å². The summed E-state index contributed by atoms with van der Waals surface area (Å²) in [6.45, 7) is 13.7. The quantitative estimate of drug-likeness (QED) is 0.615. The lowest BCUT2D eigenvalue weighted by Gasteiger charge is -2.26. The number of pyridine rings is 1. The smallest absolute Gasteiger partial charge is 0.411 e. The first-order valence-electron chi connectivity index (χ1n) is 11.4. The first kappa shape index (κ1) is 30.0. The van der Waals surface area contributed by atoms with E-state index in [4.69, 9.17) is 19.3 Å². The minimum absolute atomic E-state index is 0.464. The molecule has 0 spiro atoms. The molecule has 1 saturated heterocycles. The van der Waals surface area contributed by atoms with Crippen LogP contribution in [0.4, 0.5) is 4.79 Å². The van der Waals surface area contributed by atoms with Crippen molar-refractivity contribution in [2.75, 3.05) is 20.8 Å². The van der Waals surface area contributed by atoms with E-state index >= 15 is 0 Å². The van der Waals surface area contributed by atoms with E-state index in [0.717, 1.165) is 22.9 Å². The van der Waals surface area contributed by atoms with Crippen molar-refractivity contribution in [1.29, 1.82) is 0 Å². The van der Waals surface area contributed by atoms with Gasteiger partial charge in [-0.25, -0.2) is 14.6 Å². The van der Waals surface area contributed by atoms with Gasteiger partial charge < -0.3 is 19.3 Å². The summed E-state index contributed by atoms with van der Waals surface area (Å²) < 4.78 is 15.4. The van der Waals surface area contributed by atoms with Crippen LogP contribution in [0.1, 0.15) is 61.3 Å². The Hall–Kier alpha value is -3.03. The molecular weight excluding hydrogens is 424 g/mol. The Bertz CT molecular complexity index is 864. The molecule has 1 aliphatic rings. The van der Waals surface area contributed by atoms with Gasteiger partial charge in [-0.05, 0) is 63.3 Å². The molecular formula is C25H40N2O6. The zero-order chi connectivity index (χ0) is 25.6. The number of methoxy groups -OCH3 is 2. The summed E-state index contributed by atoms with van der Waals surface area (Å²) >= 11 is 0. The predicted molar refractivity (Wildman–Crippen MR) is 131 cm³/mol. The second-order valence-electron chi connectivity index (χ2n) is 7.58. The maximum absolute atomic E-state index is 11.6. The van der Waals surface area contributed by atoms with Gasteiger partial charge >= 0.3 is 12.1 Å². The lowest BCUT2D eigenvalue weighted by atomic mass is 10.1. The van der Waals surface area contributed by atoms with Crippen molar-refractivity contribution in [2.24, 2.45) is 0 Å². The van der Waals surface area contributed by atoms with Crippen molar-refractivity contribution in [3.63, 3.8) is 0 Å². The number of nitrogens with zero attached hydrogens (tertiary/aromatic N) is 2. The maximum atomic E-state index is 11.6. The highest BCUT2D eigenvalue weighted by Crippen LogP contribution is 2.26. The van der Waals surface area contributed by atoms with E-state index in [1.165, 1.54) is 4.90 Å². The fourth-order valence-corrected chi connectivity index (χ4v) is 2.98. The number of aromatic nitrogens is 1. The molecule has 1 atom stereocenters.